The summed E-state index contributed by atoms with van der Waals surface area (Å²) < 4.78 is 4.61. The number of carbonyl (C=O) groups excluding carboxylic acids is 1. The summed E-state index contributed by atoms with van der Waals surface area (Å²) >= 11 is 0. The Balaban J connectivity index is 2.94. The second-order valence-electron chi connectivity index (χ2n) is 5.83. The Hall–Kier alpha value is -1.05. The van der Waals surface area contributed by atoms with Gasteiger partial charge in [-0.3, -0.25) is 0 Å². The fraction of sp³-hybridized carbons (Fsp3) is 0.643. The number of hydrogen-bond acceptors (Lipinski definition) is 2. The maximum atomic E-state index is 11.1. The van der Waals surface area contributed by atoms with E-state index in [0.717, 1.165) is 6.42 Å². The van der Waals surface area contributed by atoms with Crippen LogP contribution in [0.2, 0.25) is 0 Å². The minimum absolute atomic E-state index is 0.153. The summed E-state index contributed by atoms with van der Waals surface area (Å²) in [6.07, 6.45) is 8.02. The molecule has 1 aliphatic carbocycles. The zero-order chi connectivity index (χ0) is 12.4. The third-order valence-electron chi connectivity index (χ3n) is 3.32. The van der Waals surface area contributed by atoms with Gasteiger partial charge in [-0.2, -0.15) is 0 Å². The van der Waals surface area contributed by atoms with E-state index in [1.54, 1.807) is 0 Å². The summed E-state index contributed by atoms with van der Waals surface area (Å²) in [6, 6.07) is 0. The van der Waals surface area contributed by atoms with Gasteiger partial charge in [-0.15, -0.1) is 0 Å². The zero-order valence-electron chi connectivity index (χ0n) is 11.0. The lowest BCUT2D eigenvalue weighted by Crippen LogP contribution is -2.25. The predicted octanol–water partition coefficient (Wildman–Crippen LogP) is 3.49. The van der Waals surface area contributed by atoms with Crippen molar-refractivity contribution in [1.82, 2.24) is 0 Å². The van der Waals surface area contributed by atoms with Gasteiger partial charge in [0.2, 0.25) is 0 Å². The van der Waals surface area contributed by atoms with Crippen LogP contribution < -0.4 is 0 Å². The Kier molecular flexibility index (Phi) is 3.61. The van der Waals surface area contributed by atoms with Gasteiger partial charge in [-0.25, -0.2) is 4.79 Å². The van der Waals surface area contributed by atoms with Crippen molar-refractivity contribution >= 4 is 5.97 Å². The first-order valence-electron chi connectivity index (χ1n) is 5.76. The van der Waals surface area contributed by atoms with Gasteiger partial charge >= 0.3 is 5.97 Å². The quantitative estimate of drug-likeness (QED) is 0.528. The molecule has 1 aliphatic rings. The van der Waals surface area contributed by atoms with Crippen LogP contribution in [0.5, 0.6) is 0 Å². The SMILES string of the molecule is COC(=O)C=CC1=CC(C)(C)CCC1(C)C. The molecule has 0 amide bonds. The molecular formula is C14H22O2. The normalized spacial score (nSPS) is 22.9. The zero-order valence-corrected chi connectivity index (χ0v) is 11.0. The van der Waals surface area contributed by atoms with Crippen LogP contribution in [0.4, 0.5) is 0 Å². The van der Waals surface area contributed by atoms with E-state index in [9.17, 15) is 4.79 Å². The van der Waals surface area contributed by atoms with Gasteiger partial charge in [0.15, 0.2) is 0 Å². The van der Waals surface area contributed by atoms with Crippen LogP contribution in [0, 0.1) is 10.8 Å². The van der Waals surface area contributed by atoms with Gasteiger partial charge in [0, 0.05) is 6.08 Å². The molecule has 0 aliphatic heterocycles. The van der Waals surface area contributed by atoms with Crippen LogP contribution in [0.25, 0.3) is 0 Å². The second kappa shape index (κ2) is 4.44. The summed E-state index contributed by atoms with van der Waals surface area (Å²) in [5.74, 6) is -0.292. The topological polar surface area (TPSA) is 26.3 Å². The second-order valence-corrected chi connectivity index (χ2v) is 5.83. The molecule has 0 atom stereocenters. The smallest absolute Gasteiger partial charge is 0.330 e. The van der Waals surface area contributed by atoms with Gasteiger partial charge in [0.1, 0.15) is 0 Å². The fourth-order valence-corrected chi connectivity index (χ4v) is 1.97. The first-order chi connectivity index (χ1) is 7.27. The highest BCUT2D eigenvalue weighted by Crippen LogP contribution is 2.44. The lowest BCUT2D eigenvalue weighted by atomic mass is 9.67. The molecule has 0 radical (unpaired) electrons. The van der Waals surface area contributed by atoms with Gasteiger partial charge in [-0.1, -0.05) is 39.8 Å². The number of methoxy groups -OCH3 is 1. The Morgan fingerprint density at radius 2 is 1.94 bits per heavy atom. The standard InChI is InChI=1S/C14H22O2/c1-13(2)8-9-14(3,4)11(10-13)6-7-12(15)16-5/h6-7,10H,8-9H2,1-5H3. The molecule has 0 aromatic heterocycles. The molecule has 0 aromatic rings. The predicted molar refractivity (Wildman–Crippen MR) is 66.0 cm³/mol. The number of allylic oxidation sites excluding steroid dienone is 3. The van der Waals surface area contributed by atoms with Crippen molar-refractivity contribution in [1.29, 1.82) is 0 Å². The lowest BCUT2D eigenvalue weighted by molar-refractivity contribution is -0.134. The van der Waals surface area contributed by atoms with Crippen molar-refractivity contribution in [2.75, 3.05) is 7.11 Å². The molecule has 0 unspecified atom stereocenters. The molecule has 0 saturated carbocycles. The van der Waals surface area contributed by atoms with Gasteiger partial charge in [-0.05, 0) is 29.2 Å². The van der Waals surface area contributed by atoms with Crippen LogP contribution in [0.3, 0.4) is 0 Å². The molecule has 0 fully saturated rings. The molecule has 0 bridgehead atoms. The Bertz CT molecular complexity index is 333. The third kappa shape index (κ3) is 3.22. The lowest BCUT2D eigenvalue weighted by Gasteiger charge is -2.37. The number of hydrogen-bond donors (Lipinski definition) is 0. The highest BCUT2D eigenvalue weighted by molar-refractivity contribution is 5.82. The molecule has 1 rings (SSSR count). The molecule has 0 aromatic carbocycles. The van der Waals surface area contributed by atoms with Gasteiger partial charge in [0.05, 0.1) is 7.11 Å². The number of esters is 1. The highest BCUT2D eigenvalue weighted by atomic mass is 16.5. The molecule has 16 heavy (non-hydrogen) atoms. The molecule has 2 nitrogen and oxygen atoms in total. The van der Waals surface area contributed by atoms with Crippen molar-refractivity contribution in [2.24, 2.45) is 10.8 Å². The molecule has 0 spiro atoms. The van der Waals surface area contributed by atoms with Gasteiger partial charge in [0.25, 0.3) is 0 Å². The summed E-state index contributed by atoms with van der Waals surface area (Å²) in [5, 5.41) is 0. The van der Waals surface area contributed by atoms with Crippen molar-refractivity contribution in [3.63, 3.8) is 0 Å². The molecule has 0 heterocycles. The van der Waals surface area contributed by atoms with E-state index in [0.29, 0.717) is 0 Å². The Morgan fingerprint density at radius 3 is 2.50 bits per heavy atom. The largest absolute Gasteiger partial charge is 0.466 e. The summed E-state index contributed by atoms with van der Waals surface area (Å²) in [5.41, 5.74) is 1.61. The van der Waals surface area contributed by atoms with E-state index in [-0.39, 0.29) is 16.8 Å². The first kappa shape index (κ1) is 13.0. The summed E-state index contributed by atoms with van der Waals surface area (Å²) in [6.45, 7) is 8.90. The van der Waals surface area contributed by atoms with Crippen LogP contribution in [0.1, 0.15) is 40.5 Å². The van der Waals surface area contributed by atoms with E-state index in [1.807, 2.05) is 6.08 Å². The van der Waals surface area contributed by atoms with E-state index in [1.165, 1.54) is 25.2 Å². The monoisotopic (exact) mass is 222 g/mol. The van der Waals surface area contributed by atoms with E-state index in [2.05, 4.69) is 38.5 Å². The van der Waals surface area contributed by atoms with Crippen LogP contribution in [-0.4, -0.2) is 13.1 Å². The van der Waals surface area contributed by atoms with E-state index >= 15 is 0 Å². The number of rotatable bonds is 2. The Labute approximate surface area is 98.4 Å². The maximum absolute atomic E-state index is 11.1. The number of carbonyl (C=O) groups is 1. The highest BCUT2D eigenvalue weighted by Gasteiger charge is 2.31. The third-order valence-corrected chi connectivity index (χ3v) is 3.32. The van der Waals surface area contributed by atoms with Crippen molar-refractivity contribution in [3.8, 4) is 0 Å². The van der Waals surface area contributed by atoms with Gasteiger partial charge < -0.3 is 4.74 Å². The van der Waals surface area contributed by atoms with Crippen LogP contribution >= 0.6 is 0 Å². The van der Waals surface area contributed by atoms with Crippen LogP contribution in [-0.2, 0) is 9.53 Å². The minimum Gasteiger partial charge on any atom is -0.466 e. The molecule has 90 valence electrons. The van der Waals surface area contributed by atoms with Crippen LogP contribution in [0.15, 0.2) is 23.8 Å². The van der Waals surface area contributed by atoms with E-state index < -0.39 is 0 Å². The maximum Gasteiger partial charge on any atom is 0.330 e. The molecule has 0 N–H and O–H groups in total. The molecule has 0 saturated heterocycles. The molecular weight excluding hydrogens is 200 g/mol. The minimum atomic E-state index is -0.292. The molecule has 2 heteroatoms. The average Bonchev–Trinajstić information content (AvgIpc) is 2.19. The van der Waals surface area contributed by atoms with E-state index in [4.69, 9.17) is 0 Å². The van der Waals surface area contributed by atoms with Crippen molar-refractivity contribution in [3.05, 3.63) is 23.8 Å². The average molecular weight is 222 g/mol. The summed E-state index contributed by atoms with van der Waals surface area (Å²) in [4.78, 5) is 11.1. The number of ether oxygens (including phenoxy) is 1. The van der Waals surface area contributed by atoms with Crippen molar-refractivity contribution < 1.29 is 9.53 Å². The fourth-order valence-electron chi connectivity index (χ4n) is 1.97. The summed E-state index contributed by atoms with van der Waals surface area (Å²) in [7, 11) is 1.40. The van der Waals surface area contributed by atoms with Crippen molar-refractivity contribution in [2.45, 2.75) is 40.5 Å². The Morgan fingerprint density at radius 1 is 1.31 bits per heavy atom. The first-order valence-corrected chi connectivity index (χ1v) is 5.76.